The van der Waals surface area contributed by atoms with Gasteiger partial charge in [0.2, 0.25) is 0 Å². The zero-order chi connectivity index (χ0) is 23.5. The summed E-state index contributed by atoms with van der Waals surface area (Å²) in [5.41, 5.74) is 4.22. The molecule has 0 aromatic heterocycles. The van der Waals surface area contributed by atoms with Crippen molar-refractivity contribution in [3.05, 3.63) is 92.4 Å². The third-order valence-electron chi connectivity index (χ3n) is 4.84. The summed E-state index contributed by atoms with van der Waals surface area (Å²) in [6.45, 7) is 0.140. The van der Waals surface area contributed by atoms with Gasteiger partial charge >= 0.3 is 0 Å². The Bertz CT molecular complexity index is 1260. The molecule has 0 aliphatic carbocycles. The number of ether oxygens (including phenoxy) is 2. The summed E-state index contributed by atoms with van der Waals surface area (Å²) in [4.78, 5) is 25.6. The summed E-state index contributed by atoms with van der Waals surface area (Å²) in [5.74, 6) is -0.377. The summed E-state index contributed by atoms with van der Waals surface area (Å²) < 4.78 is 11.4. The number of methoxy groups -OCH3 is 1. The minimum Gasteiger partial charge on any atom is -0.493 e. The van der Waals surface area contributed by atoms with E-state index < -0.39 is 11.8 Å². The van der Waals surface area contributed by atoms with Gasteiger partial charge in [-0.1, -0.05) is 59.1 Å². The van der Waals surface area contributed by atoms with Crippen molar-refractivity contribution in [2.75, 3.05) is 12.1 Å². The van der Waals surface area contributed by atoms with Crippen LogP contribution < -0.4 is 19.9 Å². The molecule has 0 unspecified atom stereocenters. The maximum Gasteiger partial charge on any atom is 0.282 e. The monoisotopic (exact) mass is 502 g/mol. The maximum atomic E-state index is 13.0. The molecule has 1 saturated heterocycles. The molecule has 1 N–H and O–H groups in total. The van der Waals surface area contributed by atoms with Crippen molar-refractivity contribution in [3.63, 3.8) is 0 Å². The highest BCUT2D eigenvalue weighted by Crippen LogP contribution is 2.37. The smallest absolute Gasteiger partial charge is 0.282 e. The molecule has 3 aromatic rings. The molecule has 2 amide bonds. The van der Waals surface area contributed by atoms with Gasteiger partial charge in [-0.25, -0.2) is 5.01 Å². The first kappa shape index (κ1) is 23.0. The van der Waals surface area contributed by atoms with Gasteiger partial charge in [-0.3, -0.25) is 15.0 Å². The second-order valence-electron chi connectivity index (χ2n) is 7.04. The normalized spacial score (nSPS) is 14.5. The van der Waals surface area contributed by atoms with E-state index in [1.807, 2.05) is 6.07 Å². The van der Waals surface area contributed by atoms with Crippen LogP contribution in [0.15, 0.2) is 66.2 Å². The number of nitrogens with zero attached hydrogens (tertiary/aromatic N) is 1. The summed E-state index contributed by atoms with van der Waals surface area (Å²) in [6, 6.07) is 17.1. The second kappa shape index (κ2) is 9.75. The minimum absolute atomic E-state index is 0.0671. The van der Waals surface area contributed by atoms with E-state index in [0.29, 0.717) is 37.8 Å². The van der Waals surface area contributed by atoms with Crippen LogP contribution in [0.25, 0.3) is 6.08 Å². The highest BCUT2D eigenvalue weighted by atomic mass is 35.5. The summed E-state index contributed by atoms with van der Waals surface area (Å²) in [7, 11) is 1.47. The fraction of sp³-hybridized carbons (Fsp3) is 0.0833. The molecule has 1 aliphatic rings. The van der Waals surface area contributed by atoms with Gasteiger partial charge in [-0.15, -0.1) is 0 Å². The fourth-order valence-electron chi connectivity index (χ4n) is 3.26. The van der Waals surface area contributed by atoms with Crippen LogP contribution in [-0.2, 0) is 16.2 Å². The van der Waals surface area contributed by atoms with Crippen LogP contribution in [0.2, 0.25) is 15.1 Å². The quantitative estimate of drug-likeness (QED) is 0.346. The molecule has 168 valence electrons. The molecular formula is C24H17Cl3N2O4. The topological polar surface area (TPSA) is 67.9 Å². The predicted octanol–water partition coefficient (Wildman–Crippen LogP) is 5.70. The van der Waals surface area contributed by atoms with Gasteiger partial charge in [0, 0.05) is 16.7 Å². The van der Waals surface area contributed by atoms with Gasteiger partial charge in [0.15, 0.2) is 11.5 Å². The minimum atomic E-state index is -0.543. The molecule has 4 rings (SSSR count). The molecule has 1 fully saturated rings. The number of hydrogen-bond donors (Lipinski definition) is 1. The van der Waals surface area contributed by atoms with Gasteiger partial charge in [0.1, 0.15) is 12.2 Å². The predicted molar refractivity (Wildman–Crippen MR) is 129 cm³/mol. The van der Waals surface area contributed by atoms with Gasteiger partial charge < -0.3 is 9.47 Å². The maximum absolute atomic E-state index is 13.0. The summed E-state index contributed by atoms with van der Waals surface area (Å²) in [6.07, 6.45) is 1.43. The van der Waals surface area contributed by atoms with Crippen molar-refractivity contribution in [1.29, 1.82) is 0 Å². The lowest BCUT2D eigenvalue weighted by atomic mass is 10.1. The third-order valence-corrected chi connectivity index (χ3v) is 5.80. The Kier molecular flexibility index (Phi) is 6.79. The first-order valence-corrected chi connectivity index (χ1v) is 10.9. The fourth-order valence-corrected chi connectivity index (χ4v) is 3.80. The van der Waals surface area contributed by atoms with Crippen LogP contribution in [0.5, 0.6) is 11.5 Å². The first-order chi connectivity index (χ1) is 15.9. The highest BCUT2D eigenvalue weighted by molar-refractivity contribution is 6.42. The molecule has 9 heteroatoms. The summed E-state index contributed by atoms with van der Waals surface area (Å²) >= 11 is 18.3. The van der Waals surface area contributed by atoms with Crippen LogP contribution >= 0.6 is 34.8 Å². The Labute approximate surface area is 205 Å². The molecule has 1 heterocycles. The largest absolute Gasteiger partial charge is 0.493 e. The Morgan fingerprint density at radius 1 is 0.970 bits per heavy atom. The van der Waals surface area contributed by atoms with E-state index in [-0.39, 0.29) is 12.2 Å². The van der Waals surface area contributed by atoms with Crippen molar-refractivity contribution in [2.24, 2.45) is 0 Å². The van der Waals surface area contributed by atoms with E-state index in [9.17, 15) is 9.59 Å². The second-order valence-corrected chi connectivity index (χ2v) is 8.29. The Balaban J connectivity index is 1.69. The van der Waals surface area contributed by atoms with Crippen molar-refractivity contribution in [2.45, 2.75) is 6.61 Å². The number of carbonyl (C=O) groups excluding carboxylic acids is 2. The average molecular weight is 504 g/mol. The third kappa shape index (κ3) is 4.93. The zero-order valence-corrected chi connectivity index (χ0v) is 19.5. The number of amides is 2. The van der Waals surface area contributed by atoms with Gasteiger partial charge in [-0.2, -0.15) is 0 Å². The van der Waals surface area contributed by atoms with Crippen LogP contribution in [0, 0.1) is 0 Å². The van der Waals surface area contributed by atoms with Crippen molar-refractivity contribution in [3.8, 4) is 11.5 Å². The number of halogens is 3. The molecule has 0 bridgehead atoms. The Morgan fingerprint density at radius 2 is 1.73 bits per heavy atom. The molecule has 1 aliphatic heterocycles. The molecule has 0 spiro atoms. The molecule has 0 radical (unpaired) electrons. The van der Waals surface area contributed by atoms with E-state index >= 15 is 0 Å². The van der Waals surface area contributed by atoms with E-state index in [0.717, 1.165) is 5.56 Å². The number of benzene rings is 3. The molecule has 0 saturated carbocycles. The molecule has 6 nitrogen and oxygen atoms in total. The molecule has 3 aromatic carbocycles. The standard InChI is InChI=1S/C24H17Cl3N2O4/c1-32-21-12-16(25)10-15(22(21)33-13-14-7-8-19(26)20(27)9-14)11-18-23(30)28-29(24(18)31)17-5-3-2-4-6-17/h2-12H,13H2,1H3,(H,28,30)/b18-11-. The van der Waals surface area contributed by atoms with E-state index in [2.05, 4.69) is 5.43 Å². The lowest BCUT2D eigenvalue weighted by molar-refractivity contribution is -0.117. The van der Waals surface area contributed by atoms with Crippen molar-refractivity contribution >= 4 is 58.4 Å². The number of hydrazine groups is 1. The van der Waals surface area contributed by atoms with Gasteiger partial charge in [0.25, 0.3) is 11.8 Å². The number of carbonyl (C=O) groups is 2. The van der Waals surface area contributed by atoms with Crippen LogP contribution in [0.4, 0.5) is 5.69 Å². The Hall–Kier alpha value is -3.19. The lowest BCUT2D eigenvalue weighted by Gasteiger charge is -2.15. The number of para-hydroxylation sites is 1. The number of rotatable bonds is 6. The van der Waals surface area contributed by atoms with Crippen molar-refractivity contribution < 1.29 is 19.1 Å². The Morgan fingerprint density at radius 3 is 2.42 bits per heavy atom. The number of anilines is 1. The highest BCUT2D eigenvalue weighted by Gasteiger charge is 2.34. The van der Waals surface area contributed by atoms with Crippen LogP contribution in [0.3, 0.4) is 0 Å². The molecular weight excluding hydrogens is 487 g/mol. The summed E-state index contributed by atoms with van der Waals surface area (Å²) in [5, 5.41) is 2.37. The van der Waals surface area contributed by atoms with Crippen LogP contribution in [-0.4, -0.2) is 18.9 Å². The SMILES string of the molecule is COc1cc(Cl)cc(/C=C2/C(=O)NN(c3ccccc3)C2=O)c1OCc1ccc(Cl)c(Cl)c1. The van der Waals surface area contributed by atoms with Gasteiger partial charge in [0.05, 0.1) is 22.8 Å². The van der Waals surface area contributed by atoms with E-state index in [1.165, 1.54) is 18.2 Å². The van der Waals surface area contributed by atoms with Gasteiger partial charge in [-0.05, 0) is 42.0 Å². The van der Waals surface area contributed by atoms with E-state index in [4.69, 9.17) is 44.3 Å². The molecule has 0 atom stereocenters. The van der Waals surface area contributed by atoms with Crippen LogP contribution in [0.1, 0.15) is 11.1 Å². The number of hydrogen-bond acceptors (Lipinski definition) is 4. The average Bonchev–Trinajstić information content (AvgIpc) is 3.09. The lowest BCUT2D eigenvalue weighted by Crippen LogP contribution is -2.35. The zero-order valence-electron chi connectivity index (χ0n) is 17.3. The van der Waals surface area contributed by atoms with Crippen molar-refractivity contribution in [1.82, 2.24) is 5.43 Å². The number of nitrogens with one attached hydrogen (secondary N) is 1. The molecule has 33 heavy (non-hydrogen) atoms. The van der Waals surface area contributed by atoms with E-state index in [1.54, 1.807) is 54.6 Å². The first-order valence-electron chi connectivity index (χ1n) is 9.74.